The third kappa shape index (κ3) is 4.73. The van der Waals surface area contributed by atoms with E-state index in [0.29, 0.717) is 37.1 Å². The van der Waals surface area contributed by atoms with E-state index in [-0.39, 0.29) is 12.3 Å². The summed E-state index contributed by atoms with van der Waals surface area (Å²) in [6.07, 6.45) is 5.71. The fraction of sp³-hybridized carbons (Fsp3) is 0.200. The van der Waals surface area contributed by atoms with E-state index in [1.807, 2.05) is 70.4 Å². The molecule has 0 spiro atoms. The molecule has 0 aliphatic carbocycles. The number of benzene rings is 2. The van der Waals surface area contributed by atoms with Crippen molar-refractivity contribution in [1.29, 1.82) is 0 Å². The van der Waals surface area contributed by atoms with Gasteiger partial charge in [0.05, 0.1) is 17.8 Å². The van der Waals surface area contributed by atoms with E-state index in [9.17, 15) is 4.79 Å². The molecular weight excluding hydrogens is 436 g/mol. The maximum atomic E-state index is 13.2. The van der Waals surface area contributed by atoms with E-state index in [2.05, 4.69) is 14.9 Å². The van der Waals surface area contributed by atoms with E-state index >= 15 is 0 Å². The van der Waals surface area contributed by atoms with Gasteiger partial charge in [0, 0.05) is 60.9 Å². The fourth-order valence-electron chi connectivity index (χ4n) is 3.99. The van der Waals surface area contributed by atoms with Crippen LogP contribution >= 0.6 is 11.6 Å². The number of hydrogen-bond acceptors (Lipinski definition) is 5. The van der Waals surface area contributed by atoms with Crippen LogP contribution in [0.2, 0.25) is 5.02 Å². The minimum absolute atomic E-state index is 0.0893. The summed E-state index contributed by atoms with van der Waals surface area (Å²) >= 11 is 6.08. The number of halogens is 1. The average Bonchev–Trinajstić information content (AvgIpc) is 3.29. The molecule has 1 saturated heterocycles. The molecule has 7 nitrogen and oxygen atoms in total. The maximum Gasteiger partial charge on any atom is 0.227 e. The summed E-state index contributed by atoms with van der Waals surface area (Å²) < 4.78 is 1.83. The molecule has 4 aromatic rings. The Bertz CT molecular complexity index is 1220. The van der Waals surface area contributed by atoms with Gasteiger partial charge in [-0.1, -0.05) is 41.9 Å². The zero-order chi connectivity index (χ0) is 22.6. The van der Waals surface area contributed by atoms with E-state index in [4.69, 9.17) is 16.7 Å². The Hall–Kier alpha value is -3.71. The Morgan fingerprint density at radius 2 is 1.58 bits per heavy atom. The molecule has 2 aromatic heterocycles. The molecule has 166 valence electrons. The quantitative estimate of drug-likeness (QED) is 0.454. The number of carbonyl (C=O) groups is 1. The van der Waals surface area contributed by atoms with Crippen LogP contribution in [0.15, 0.2) is 79.3 Å². The second-order valence-electron chi connectivity index (χ2n) is 7.88. The zero-order valence-corrected chi connectivity index (χ0v) is 18.8. The molecule has 8 heteroatoms. The van der Waals surface area contributed by atoms with Crippen LogP contribution in [0, 0.1) is 0 Å². The van der Waals surface area contributed by atoms with Crippen molar-refractivity contribution in [3.05, 3.63) is 89.8 Å². The second kappa shape index (κ2) is 9.42. The minimum Gasteiger partial charge on any atom is -0.339 e. The molecule has 1 aliphatic rings. The first-order valence-electron chi connectivity index (χ1n) is 10.9. The number of para-hydroxylation sites is 1. The number of hydrogen-bond donors (Lipinski definition) is 0. The number of piperazine rings is 1. The first-order chi connectivity index (χ1) is 16.2. The summed E-state index contributed by atoms with van der Waals surface area (Å²) in [4.78, 5) is 25.9. The highest BCUT2D eigenvalue weighted by Crippen LogP contribution is 2.26. The molecule has 0 radical (unpaired) electrons. The van der Waals surface area contributed by atoms with Gasteiger partial charge in [0.1, 0.15) is 0 Å². The van der Waals surface area contributed by atoms with Gasteiger partial charge in [0.2, 0.25) is 11.9 Å². The molecule has 3 heterocycles. The lowest BCUT2D eigenvalue weighted by molar-refractivity contribution is -0.130. The fourth-order valence-corrected chi connectivity index (χ4v) is 4.11. The molecule has 2 aromatic carbocycles. The predicted molar refractivity (Wildman–Crippen MR) is 129 cm³/mol. The largest absolute Gasteiger partial charge is 0.339 e. The molecule has 0 unspecified atom stereocenters. The first kappa shape index (κ1) is 21.2. The van der Waals surface area contributed by atoms with E-state index in [0.717, 1.165) is 22.5 Å². The maximum absolute atomic E-state index is 13.2. The number of nitrogens with zero attached hydrogens (tertiary/aromatic N) is 6. The average molecular weight is 459 g/mol. The number of rotatable bonds is 5. The normalized spacial score (nSPS) is 13.8. The predicted octanol–water partition coefficient (Wildman–Crippen LogP) is 3.87. The summed E-state index contributed by atoms with van der Waals surface area (Å²) in [5, 5.41) is 5.47. The van der Waals surface area contributed by atoms with Crippen molar-refractivity contribution in [2.75, 3.05) is 31.1 Å². The van der Waals surface area contributed by atoms with Crippen molar-refractivity contribution < 1.29 is 4.79 Å². The lowest BCUT2D eigenvalue weighted by Gasteiger charge is -2.34. The number of anilines is 1. The molecule has 1 fully saturated rings. The molecular formula is C25H23ClN6O. The smallest absolute Gasteiger partial charge is 0.227 e. The molecule has 0 saturated carbocycles. The molecule has 0 bridgehead atoms. The van der Waals surface area contributed by atoms with Gasteiger partial charge in [-0.25, -0.2) is 14.6 Å². The van der Waals surface area contributed by atoms with Crippen molar-refractivity contribution in [2.24, 2.45) is 0 Å². The summed E-state index contributed by atoms with van der Waals surface area (Å²) in [5.41, 5.74) is 3.56. The first-order valence-corrected chi connectivity index (χ1v) is 11.2. The van der Waals surface area contributed by atoms with E-state index in [1.54, 1.807) is 18.5 Å². The minimum atomic E-state index is 0.0893. The highest BCUT2D eigenvalue weighted by Gasteiger charge is 2.24. The highest BCUT2D eigenvalue weighted by atomic mass is 35.5. The second-order valence-corrected chi connectivity index (χ2v) is 8.32. The molecule has 5 rings (SSSR count). The Kier molecular flexibility index (Phi) is 6.04. The Labute approximate surface area is 197 Å². The van der Waals surface area contributed by atoms with Gasteiger partial charge in [-0.05, 0) is 30.3 Å². The Balaban J connectivity index is 1.35. The highest BCUT2D eigenvalue weighted by molar-refractivity contribution is 6.30. The van der Waals surface area contributed by atoms with Crippen LogP contribution in [0.1, 0.15) is 5.56 Å². The van der Waals surface area contributed by atoms with Crippen molar-refractivity contribution in [1.82, 2.24) is 24.6 Å². The van der Waals surface area contributed by atoms with Crippen LogP contribution in [0.3, 0.4) is 0 Å². The van der Waals surface area contributed by atoms with E-state index in [1.165, 1.54) is 0 Å². The van der Waals surface area contributed by atoms with Gasteiger partial charge in [-0.15, -0.1) is 0 Å². The van der Waals surface area contributed by atoms with Crippen LogP contribution in [-0.4, -0.2) is 56.7 Å². The number of amides is 1. The van der Waals surface area contributed by atoms with Gasteiger partial charge >= 0.3 is 0 Å². The Morgan fingerprint density at radius 1 is 0.879 bits per heavy atom. The topological polar surface area (TPSA) is 67.2 Å². The Morgan fingerprint density at radius 3 is 2.27 bits per heavy atom. The van der Waals surface area contributed by atoms with Gasteiger partial charge in [-0.2, -0.15) is 5.10 Å². The lowest BCUT2D eigenvalue weighted by Crippen LogP contribution is -2.49. The molecule has 0 atom stereocenters. The van der Waals surface area contributed by atoms with Crippen molar-refractivity contribution >= 4 is 23.5 Å². The zero-order valence-electron chi connectivity index (χ0n) is 18.0. The molecule has 0 N–H and O–H groups in total. The van der Waals surface area contributed by atoms with E-state index < -0.39 is 0 Å². The van der Waals surface area contributed by atoms with Crippen LogP contribution in [0.5, 0.6) is 0 Å². The molecule has 33 heavy (non-hydrogen) atoms. The molecule has 1 amide bonds. The van der Waals surface area contributed by atoms with Crippen molar-refractivity contribution in [3.8, 4) is 16.9 Å². The van der Waals surface area contributed by atoms with Crippen LogP contribution in [-0.2, 0) is 11.2 Å². The van der Waals surface area contributed by atoms with Crippen molar-refractivity contribution in [3.63, 3.8) is 0 Å². The van der Waals surface area contributed by atoms with Gasteiger partial charge in [0.15, 0.2) is 0 Å². The summed E-state index contributed by atoms with van der Waals surface area (Å²) in [6.45, 7) is 2.70. The third-order valence-electron chi connectivity index (χ3n) is 5.74. The van der Waals surface area contributed by atoms with Crippen molar-refractivity contribution in [2.45, 2.75) is 6.42 Å². The van der Waals surface area contributed by atoms with Crippen LogP contribution < -0.4 is 4.90 Å². The van der Waals surface area contributed by atoms with Crippen LogP contribution in [0.25, 0.3) is 16.9 Å². The van der Waals surface area contributed by atoms with Crippen LogP contribution in [0.4, 0.5) is 5.95 Å². The molecule has 1 aliphatic heterocycles. The monoisotopic (exact) mass is 458 g/mol. The van der Waals surface area contributed by atoms with Gasteiger partial charge < -0.3 is 9.80 Å². The summed E-state index contributed by atoms with van der Waals surface area (Å²) in [7, 11) is 0. The standard InChI is InChI=1S/C25H23ClN6O/c26-21-9-7-19(8-10-21)24-20(18-32(29-24)22-5-2-1-3-6-22)17-23(33)30-13-15-31(16-14-30)25-27-11-4-12-28-25/h1-12,18H,13-17H2. The summed E-state index contributed by atoms with van der Waals surface area (Å²) in [6, 6.07) is 19.3. The van der Waals surface area contributed by atoms with Gasteiger partial charge in [0.25, 0.3) is 0 Å². The number of aromatic nitrogens is 4. The third-order valence-corrected chi connectivity index (χ3v) is 5.99. The summed E-state index contributed by atoms with van der Waals surface area (Å²) in [5.74, 6) is 0.796. The lowest BCUT2D eigenvalue weighted by atomic mass is 10.1. The SMILES string of the molecule is O=C(Cc1cn(-c2ccccc2)nc1-c1ccc(Cl)cc1)N1CCN(c2ncccn2)CC1. The number of carbonyl (C=O) groups excluding carboxylic acids is 1. The van der Waals surface area contributed by atoms with Gasteiger partial charge in [-0.3, -0.25) is 4.79 Å².